The van der Waals surface area contributed by atoms with Crippen molar-refractivity contribution in [1.82, 2.24) is 0 Å². The number of benzene rings is 2. The van der Waals surface area contributed by atoms with Gasteiger partial charge in [0, 0.05) is 11.1 Å². The number of aryl methyl sites for hydroxylation is 1. The lowest BCUT2D eigenvalue weighted by molar-refractivity contribution is 0.295. The van der Waals surface area contributed by atoms with Crippen molar-refractivity contribution in [3.63, 3.8) is 0 Å². The number of ether oxygens (including phenoxy) is 1. The zero-order valence-electron chi connectivity index (χ0n) is 10.9. The van der Waals surface area contributed by atoms with Gasteiger partial charge in [-0.2, -0.15) is 0 Å². The molecule has 2 aromatic rings. The van der Waals surface area contributed by atoms with Gasteiger partial charge in [0.05, 0.1) is 0 Å². The van der Waals surface area contributed by atoms with Gasteiger partial charge in [-0.1, -0.05) is 24.3 Å². The molecule has 5 heteroatoms. The molecule has 3 nitrogen and oxygen atoms in total. The Hall–Kier alpha value is -2.43. The molecule has 0 aliphatic carbocycles. The molecule has 104 valence electrons. The fourth-order valence-corrected chi connectivity index (χ4v) is 1.74. The van der Waals surface area contributed by atoms with Crippen LogP contribution in [0, 0.1) is 24.0 Å². The molecule has 0 saturated heterocycles. The van der Waals surface area contributed by atoms with E-state index < -0.39 is 11.6 Å². The fourth-order valence-electron chi connectivity index (χ4n) is 1.74. The number of nitrogens with two attached hydrogens (primary N) is 1. The molecule has 0 unspecified atom stereocenters. The summed E-state index contributed by atoms with van der Waals surface area (Å²) in [5.41, 5.74) is 6.88. The normalized spacial score (nSPS) is 10.3. The van der Waals surface area contributed by atoms with E-state index in [-0.39, 0.29) is 18.0 Å². The SMILES string of the molecule is Cc1ccc(C(=N)N)cc1OCc1cccc(F)c1F. The van der Waals surface area contributed by atoms with Crippen LogP contribution in [0.3, 0.4) is 0 Å². The Bertz CT molecular complexity index is 656. The molecule has 0 fully saturated rings. The zero-order valence-corrected chi connectivity index (χ0v) is 10.9. The Labute approximate surface area is 115 Å². The highest BCUT2D eigenvalue weighted by atomic mass is 19.2. The largest absolute Gasteiger partial charge is 0.488 e. The topological polar surface area (TPSA) is 59.1 Å². The van der Waals surface area contributed by atoms with Crippen LogP contribution in [-0.2, 0) is 6.61 Å². The third-order valence-electron chi connectivity index (χ3n) is 2.91. The molecule has 2 rings (SSSR count). The molecule has 0 atom stereocenters. The minimum Gasteiger partial charge on any atom is -0.488 e. The fraction of sp³-hybridized carbons (Fsp3) is 0.133. The van der Waals surface area contributed by atoms with Gasteiger partial charge in [-0.25, -0.2) is 8.78 Å². The molecule has 3 N–H and O–H groups in total. The quantitative estimate of drug-likeness (QED) is 0.665. The third-order valence-corrected chi connectivity index (χ3v) is 2.91. The number of hydrogen-bond acceptors (Lipinski definition) is 2. The summed E-state index contributed by atoms with van der Waals surface area (Å²) >= 11 is 0. The van der Waals surface area contributed by atoms with Crippen molar-refractivity contribution in [2.24, 2.45) is 5.73 Å². The Morgan fingerprint density at radius 2 is 2.00 bits per heavy atom. The molecule has 0 bridgehead atoms. The van der Waals surface area contributed by atoms with E-state index in [0.717, 1.165) is 11.6 Å². The van der Waals surface area contributed by atoms with Crippen molar-refractivity contribution < 1.29 is 13.5 Å². The molecule has 0 amide bonds. The summed E-state index contributed by atoms with van der Waals surface area (Å²) < 4.78 is 32.1. The van der Waals surface area contributed by atoms with E-state index in [9.17, 15) is 8.78 Å². The van der Waals surface area contributed by atoms with Crippen molar-refractivity contribution >= 4 is 5.84 Å². The van der Waals surface area contributed by atoms with Gasteiger partial charge in [0.1, 0.15) is 18.2 Å². The molecule has 2 aromatic carbocycles. The average Bonchev–Trinajstić information content (AvgIpc) is 2.41. The lowest BCUT2D eigenvalue weighted by atomic mass is 10.1. The number of nitrogen functional groups attached to an aromatic ring is 1. The molecule has 0 aliphatic heterocycles. The van der Waals surface area contributed by atoms with Crippen molar-refractivity contribution in [2.75, 3.05) is 0 Å². The van der Waals surface area contributed by atoms with E-state index in [4.69, 9.17) is 15.9 Å². The summed E-state index contributed by atoms with van der Waals surface area (Å²) in [4.78, 5) is 0. The van der Waals surface area contributed by atoms with Gasteiger partial charge in [-0.05, 0) is 24.6 Å². The number of halogens is 2. The van der Waals surface area contributed by atoms with Crippen LogP contribution < -0.4 is 10.5 Å². The van der Waals surface area contributed by atoms with Crippen molar-refractivity contribution in [2.45, 2.75) is 13.5 Å². The van der Waals surface area contributed by atoms with E-state index in [1.165, 1.54) is 12.1 Å². The molecule has 0 aromatic heterocycles. The summed E-state index contributed by atoms with van der Waals surface area (Å²) in [7, 11) is 0. The summed E-state index contributed by atoms with van der Waals surface area (Å²) in [6.45, 7) is 1.73. The van der Waals surface area contributed by atoms with Gasteiger partial charge in [0.25, 0.3) is 0 Å². The molecule has 0 aliphatic rings. The van der Waals surface area contributed by atoms with Crippen molar-refractivity contribution in [1.29, 1.82) is 5.41 Å². The van der Waals surface area contributed by atoms with Gasteiger partial charge in [-0.15, -0.1) is 0 Å². The molecule has 20 heavy (non-hydrogen) atoms. The second-order valence-corrected chi connectivity index (χ2v) is 4.40. The van der Waals surface area contributed by atoms with Crippen LogP contribution >= 0.6 is 0 Å². The first-order chi connectivity index (χ1) is 9.49. The average molecular weight is 276 g/mol. The van der Waals surface area contributed by atoms with E-state index in [1.54, 1.807) is 18.2 Å². The molecule has 0 spiro atoms. The van der Waals surface area contributed by atoms with Crippen LogP contribution in [0.2, 0.25) is 0 Å². The Morgan fingerprint density at radius 1 is 1.25 bits per heavy atom. The molecule has 0 radical (unpaired) electrons. The van der Waals surface area contributed by atoms with Crippen molar-refractivity contribution in [3.8, 4) is 5.75 Å². The first kappa shape index (κ1) is 14.0. The highest BCUT2D eigenvalue weighted by molar-refractivity contribution is 5.95. The second-order valence-electron chi connectivity index (χ2n) is 4.40. The van der Waals surface area contributed by atoms with Gasteiger partial charge in [-0.3, -0.25) is 5.41 Å². The number of nitrogens with one attached hydrogen (secondary N) is 1. The van der Waals surface area contributed by atoms with Crippen LogP contribution in [0.1, 0.15) is 16.7 Å². The molecule has 0 saturated carbocycles. The maximum absolute atomic E-state index is 13.5. The minimum absolute atomic E-state index is 0.0770. The number of amidine groups is 1. The van der Waals surface area contributed by atoms with Crippen LogP contribution in [0.5, 0.6) is 5.75 Å². The maximum atomic E-state index is 13.5. The minimum atomic E-state index is -0.909. The van der Waals surface area contributed by atoms with Crippen LogP contribution in [-0.4, -0.2) is 5.84 Å². The third kappa shape index (κ3) is 2.93. The Kier molecular flexibility index (Phi) is 3.98. The second kappa shape index (κ2) is 5.69. The monoisotopic (exact) mass is 276 g/mol. The predicted octanol–water partition coefficient (Wildman–Crippen LogP) is 3.14. The molecular formula is C15H14F2N2O. The summed E-state index contributed by atoms with van der Waals surface area (Å²) in [5.74, 6) is -1.40. The predicted molar refractivity (Wildman–Crippen MR) is 72.9 cm³/mol. The number of hydrogen-bond donors (Lipinski definition) is 2. The highest BCUT2D eigenvalue weighted by Gasteiger charge is 2.09. The Morgan fingerprint density at radius 3 is 2.70 bits per heavy atom. The zero-order chi connectivity index (χ0) is 14.7. The molecular weight excluding hydrogens is 262 g/mol. The van der Waals surface area contributed by atoms with Crippen LogP contribution in [0.4, 0.5) is 8.78 Å². The number of rotatable bonds is 4. The lowest BCUT2D eigenvalue weighted by Crippen LogP contribution is -2.11. The van der Waals surface area contributed by atoms with Gasteiger partial charge in [0.15, 0.2) is 11.6 Å². The summed E-state index contributed by atoms with van der Waals surface area (Å²) in [5, 5.41) is 7.37. The standard InChI is InChI=1S/C15H14F2N2O/c1-9-5-6-10(15(18)19)7-13(9)20-8-11-3-2-4-12(16)14(11)17/h2-7H,8H2,1H3,(H3,18,19). The lowest BCUT2D eigenvalue weighted by Gasteiger charge is -2.11. The van der Waals surface area contributed by atoms with Crippen LogP contribution in [0.15, 0.2) is 36.4 Å². The van der Waals surface area contributed by atoms with E-state index in [2.05, 4.69) is 0 Å². The van der Waals surface area contributed by atoms with Crippen molar-refractivity contribution in [3.05, 3.63) is 64.7 Å². The maximum Gasteiger partial charge on any atom is 0.165 e. The summed E-state index contributed by atoms with van der Waals surface area (Å²) in [6, 6.07) is 9.01. The van der Waals surface area contributed by atoms with Gasteiger partial charge < -0.3 is 10.5 Å². The smallest absolute Gasteiger partial charge is 0.165 e. The molecule has 0 heterocycles. The van der Waals surface area contributed by atoms with E-state index in [0.29, 0.717) is 11.3 Å². The van der Waals surface area contributed by atoms with Gasteiger partial charge in [0.2, 0.25) is 0 Å². The van der Waals surface area contributed by atoms with E-state index in [1.807, 2.05) is 6.92 Å². The van der Waals surface area contributed by atoms with Gasteiger partial charge >= 0.3 is 0 Å². The highest BCUT2D eigenvalue weighted by Crippen LogP contribution is 2.21. The van der Waals surface area contributed by atoms with E-state index >= 15 is 0 Å². The Balaban J connectivity index is 2.20. The first-order valence-electron chi connectivity index (χ1n) is 6.00. The first-order valence-corrected chi connectivity index (χ1v) is 6.00. The summed E-state index contributed by atoms with van der Waals surface area (Å²) in [6.07, 6.45) is 0. The van der Waals surface area contributed by atoms with Crippen LogP contribution in [0.25, 0.3) is 0 Å².